The highest BCUT2D eigenvalue weighted by Gasteiger charge is 2.25. The van der Waals surface area contributed by atoms with Crippen molar-refractivity contribution in [3.63, 3.8) is 0 Å². The van der Waals surface area contributed by atoms with Gasteiger partial charge >= 0.3 is 0 Å². The normalized spacial score (nSPS) is 18.4. The van der Waals surface area contributed by atoms with Crippen LogP contribution in [0.1, 0.15) is 39.5 Å². The molecule has 0 aliphatic carbocycles. The van der Waals surface area contributed by atoms with E-state index in [-0.39, 0.29) is 12.4 Å². The van der Waals surface area contributed by atoms with Crippen LogP contribution >= 0.6 is 12.4 Å². The molecule has 1 rings (SSSR count). The van der Waals surface area contributed by atoms with Crippen molar-refractivity contribution in [3.8, 4) is 0 Å². The van der Waals surface area contributed by atoms with Gasteiger partial charge < -0.3 is 15.0 Å². The quantitative estimate of drug-likeness (QED) is 0.689. The van der Waals surface area contributed by atoms with E-state index in [1.54, 1.807) is 0 Å². The van der Waals surface area contributed by atoms with E-state index in [2.05, 4.69) is 17.1 Å². The lowest BCUT2D eigenvalue weighted by atomic mass is 10.1. The second-order valence-corrected chi connectivity index (χ2v) is 4.53. The minimum Gasteiger partial charge on any atom is -0.382 e. The Morgan fingerprint density at radius 1 is 1.44 bits per heavy atom. The third-order valence-corrected chi connectivity index (χ3v) is 3.14. The van der Waals surface area contributed by atoms with Gasteiger partial charge in [-0.25, -0.2) is 0 Å². The number of hydrogen-bond donors (Lipinski definition) is 1. The topological polar surface area (TPSA) is 41.6 Å². The molecule has 0 radical (unpaired) electrons. The van der Waals surface area contributed by atoms with Crippen molar-refractivity contribution in [1.29, 1.82) is 0 Å². The number of ether oxygens (including phenoxy) is 1. The van der Waals surface area contributed by atoms with Gasteiger partial charge in [0, 0.05) is 38.8 Å². The van der Waals surface area contributed by atoms with E-state index >= 15 is 0 Å². The van der Waals surface area contributed by atoms with Crippen molar-refractivity contribution in [2.75, 3.05) is 32.8 Å². The Kier molecular flexibility index (Phi) is 10.4. The first kappa shape index (κ1) is 17.7. The standard InChI is InChI=1S/C13H26N2O2.ClH/c1-3-9-15(12-7-8-14-11-12)13(16)6-5-10-17-4-2;/h12,14H,3-11H2,1-2H3;1H. The van der Waals surface area contributed by atoms with Crippen LogP contribution in [0.5, 0.6) is 0 Å². The van der Waals surface area contributed by atoms with Crippen LogP contribution in [0.3, 0.4) is 0 Å². The van der Waals surface area contributed by atoms with Crippen molar-refractivity contribution < 1.29 is 9.53 Å². The molecular weight excluding hydrogens is 252 g/mol. The maximum absolute atomic E-state index is 12.1. The summed E-state index contributed by atoms with van der Waals surface area (Å²) in [5.41, 5.74) is 0. The molecule has 0 saturated carbocycles. The maximum atomic E-state index is 12.1. The average molecular weight is 279 g/mol. The zero-order valence-corrected chi connectivity index (χ0v) is 12.4. The minimum absolute atomic E-state index is 0. The van der Waals surface area contributed by atoms with Crippen molar-refractivity contribution >= 4 is 18.3 Å². The summed E-state index contributed by atoms with van der Waals surface area (Å²) in [7, 11) is 0. The van der Waals surface area contributed by atoms with Crippen LogP contribution in [0, 0.1) is 0 Å². The summed E-state index contributed by atoms with van der Waals surface area (Å²) in [6, 6.07) is 0.412. The smallest absolute Gasteiger partial charge is 0.222 e. The number of carbonyl (C=O) groups excluding carboxylic acids is 1. The van der Waals surface area contributed by atoms with Gasteiger partial charge in [0.2, 0.25) is 5.91 Å². The van der Waals surface area contributed by atoms with E-state index in [9.17, 15) is 4.79 Å². The van der Waals surface area contributed by atoms with E-state index in [0.717, 1.165) is 45.5 Å². The van der Waals surface area contributed by atoms with Crippen LogP contribution in [0.2, 0.25) is 0 Å². The molecule has 108 valence electrons. The number of hydrogen-bond acceptors (Lipinski definition) is 3. The van der Waals surface area contributed by atoms with Crippen molar-refractivity contribution in [2.24, 2.45) is 0 Å². The molecule has 1 amide bonds. The number of nitrogens with zero attached hydrogens (tertiary/aromatic N) is 1. The van der Waals surface area contributed by atoms with Gasteiger partial charge in [-0.1, -0.05) is 6.92 Å². The summed E-state index contributed by atoms with van der Waals surface area (Å²) in [6.07, 6.45) is 3.59. The molecule has 1 heterocycles. The molecule has 1 unspecified atom stereocenters. The van der Waals surface area contributed by atoms with Crippen molar-refractivity contribution in [2.45, 2.75) is 45.6 Å². The second-order valence-electron chi connectivity index (χ2n) is 4.53. The summed E-state index contributed by atoms with van der Waals surface area (Å²) in [5, 5.41) is 3.32. The fraction of sp³-hybridized carbons (Fsp3) is 0.923. The highest BCUT2D eigenvalue weighted by molar-refractivity contribution is 5.85. The second kappa shape index (κ2) is 10.6. The van der Waals surface area contributed by atoms with Crippen LogP contribution < -0.4 is 5.32 Å². The number of nitrogens with one attached hydrogen (secondary N) is 1. The zero-order valence-electron chi connectivity index (χ0n) is 11.6. The lowest BCUT2D eigenvalue weighted by molar-refractivity contribution is -0.133. The third-order valence-electron chi connectivity index (χ3n) is 3.14. The average Bonchev–Trinajstić information content (AvgIpc) is 2.85. The molecule has 1 atom stereocenters. The van der Waals surface area contributed by atoms with E-state index in [4.69, 9.17) is 4.74 Å². The molecular formula is C13H27ClN2O2. The Morgan fingerprint density at radius 3 is 2.78 bits per heavy atom. The summed E-state index contributed by atoms with van der Waals surface area (Å²) in [5.74, 6) is 0.292. The predicted molar refractivity (Wildman–Crippen MR) is 76.3 cm³/mol. The fourth-order valence-electron chi connectivity index (χ4n) is 2.27. The summed E-state index contributed by atoms with van der Waals surface area (Å²) in [6.45, 7) is 8.43. The van der Waals surface area contributed by atoms with Crippen LogP contribution in [0.15, 0.2) is 0 Å². The van der Waals surface area contributed by atoms with Crippen LogP contribution in [0.25, 0.3) is 0 Å². The highest BCUT2D eigenvalue weighted by Crippen LogP contribution is 2.11. The van der Waals surface area contributed by atoms with Crippen molar-refractivity contribution in [1.82, 2.24) is 10.2 Å². The first-order valence-corrected chi connectivity index (χ1v) is 6.87. The molecule has 0 bridgehead atoms. The van der Waals surface area contributed by atoms with Crippen LogP contribution in [-0.2, 0) is 9.53 Å². The van der Waals surface area contributed by atoms with Gasteiger partial charge in [0.15, 0.2) is 0 Å². The van der Waals surface area contributed by atoms with Gasteiger partial charge in [0.1, 0.15) is 0 Å². The van der Waals surface area contributed by atoms with Crippen LogP contribution in [-0.4, -0.2) is 49.7 Å². The summed E-state index contributed by atoms with van der Waals surface area (Å²) < 4.78 is 5.27. The Morgan fingerprint density at radius 2 is 2.22 bits per heavy atom. The van der Waals surface area contributed by atoms with E-state index in [1.807, 2.05) is 6.92 Å². The molecule has 1 aliphatic rings. The number of amides is 1. The molecule has 4 nitrogen and oxygen atoms in total. The van der Waals surface area contributed by atoms with Crippen LogP contribution in [0.4, 0.5) is 0 Å². The lowest BCUT2D eigenvalue weighted by Crippen LogP contribution is -2.42. The molecule has 0 aromatic carbocycles. The highest BCUT2D eigenvalue weighted by atomic mass is 35.5. The number of halogens is 1. The molecule has 0 aromatic heterocycles. The third kappa shape index (κ3) is 6.03. The molecule has 1 saturated heterocycles. The molecule has 5 heteroatoms. The Bertz CT molecular complexity index is 221. The number of carbonyl (C=O) groups is 1. The summed E-state index contributed by atoms with van der Waals surface area (Å²) in [4.78, 5) is 14.2. The fourth-order valence-corrected chi connectivity index (χ4v) is 2.27. The van der Waals surface area contributed by atoms with E-state index in [0.29, 0.717) is 25.0 Å². The Labute approximate surface area is 117 Å². The minimum atomic E-state index is 0. The monoisotopic (exact) mass is 278 g/mol. The maximum Gasteiger partial charge on any atom is 0.222 e. The first-order valence-electron chi connectivity index (χ1n) is 6.87. The van der Waals surface area contributed by atoms with E-state index in [1.165, 1.54) is 0 Å². The summed E-state index contributed by atoms with van der Waals surface area (Å²) >= 11 is 0. The SMILES string of the molecule is CCCN(C(=O)CCCOCC)C1CCNC1.Cl. The largest absolute Gasteiger partial charge is 0.382 e. The van der Waals surface area contributed by atoms with Gasteiger partial charge in [-0.3, -0.25) is 4.79 Å². The zero-order chi connectivity index (χ0) is 12.5. The van der Waals surface area contributed by atoms with Gasteiger partial charge in [0.25, 0.3) is 0 Å². The molecule has 1 N–H and O–H groups in total. The van der Waals surface area contributed by atoms with Gasteiger partial charge in [-0.15, -0.1) is 12.4 Å². The first-order chi connectivity index (χ1) is 8.29. The molecule has 0 aromatic rings. The Hall–Kier alpha value is -0.320. The van der Waals surface area contributed by atoms with Crippen molar-refractivity contribution in [3.05, 3.63) is 0 Å². The molecule has 18 heavy (non-hydrogen) atoms. The van der Waals surface area contributed by atoms with Gasteiger partial charge in [0.05, 0.1) is 0 Å². The molecule has 1 aliphatic heterocycles. The van der Waals surface area contributed by atoms with Gasteiger partial charge in [-0.05, 0) is 32.7 Å². The number of rotatable bonds is 8. The lowest BCUT2D eigenvalue weighted by Gasteiger charge is -2.28. The van der Waals surface area contributed by atoms with Gasteiger partial charge in [-0.2, -0.15) is 0 Å². The molecule has 0 spiro atoms. The molecule has 1 fully saturated rings. The Balaban J connectivity index is 0.00000289. The predicted octanol–water partition coefficient (Wildman–Crippen LogP) is 1.83. The van der Waals surface area contributed by atoms with E-state index < -0.39 is 0 Å².